The molecule has 1 amide bonds. The van der Waals surface area contributed by atoms with Gasteiger partial charge in [-0.3, -0.25) is 4.79 Å². The molecule has 1 aromatic carbocycles. The fourth-order valence-corrected chi connectivity index (χ4v) is 1.28. The lowest BCUT2D eigenvalue weighted by atomic mass is 10.1. The van der Waals surface area contributed by atoms with Crippen molar-refractivity contribution in [2.24, 2.45) is 0 Å². The fourth-order valence-electron chi connectivity index (χ4n) is 1.20. The largest absolute Gasteiger partial charge is 0.348 e. The number of hydrogen-bond donors (Lipinski definition) is 1. The summed E-state index contributed by atoms with van der Waals surface area (Å²) in [6, 6.07) is 2.01. The Morgan fingerprint density at radius 3 is 2.69 bits per heavy atom. The maximum absolute atomic E-state index is 13.5. The zero-order valence-electron chi connectivity index (χ0n) is 8.98. The molecule has 88 valence electrons. The Labute approximate surface area is 97.6 Å². The summed E-state index contributed by atoms with van der Waals surface area (Å²) in [4.78, 5) is 11.6. The summed E-state index contributed by atoms with van der Waals surface area (Å²) in [5, 5.41) is 2.40. The van der Waals surface area contributed by atoms with E-state index in [0.29, 0.717) is 0 Å². The Morgan fingerprint density at radius 2 is 2.12 bits per heavy atom. The molecular weight excluding hydrogens is 236 g/mol. The summed E-state index contributed by atoms with van der Waals surface area (Å²) in [6.45, 7) is 3.12. The number of benzene rings is 1. The smallest absolute Gasteiger partial charge is 0.257 e. The molecule has 1 atom stereocenters. The van der Waals surface area contributed by atoms with Crippen molar-refractivity contribution in [1.29, 1.82) is 0 Å². The number of carbonyl (C=O) groups excluding carboxylic acids is 1. The van der Waals surface area contributed by atoms with Crippen LogP contribution in [0.1, 0.15) is 22.8 Å². The van der Waals surface area contributed by atoms with Crippen LogP contribution in [-0.4, -0.2) is 17.8 Å². The van der Waals surface area contributed by atoms with Crippen LogP contribution in [0.5, 0.6) is 0 Å². The Bertz CT molecular complexity index is 409. The number of rotatable bonds is 3. The number of aryl methyl sites for hydroxylation is 1. The summed E-state index contributed by atoms with van der Waals surface area (Å²) in [6.07, 6.45) is 0. The third kappa shape index (κ3) is 2.70. The van der Waals surface area contributed by atoms with E-state index in [9.17, 15) is 13.6 Å². The molecule has 1 rings (SSSR count). The molecule has 1 unspecified atom stereocenters. The fraction of sp³-hybridized carbons (Fsp3) is 0.364. The van der Waals surface area contributed by atoms with E-state index in [4.69, 9.17) is 11.6 Å². The van der Waals surface area contributed by atoms with Gasteiger partial charge in [0.05, 0.1) is 0 Å². The van der Waals surface area contributed by atoms with Crippen molar-refractivity contribution < 1.29 is 13.6 Å². The topological polar surface area (TPSA) is 29.1 Å². The van der Waals surface area contributed by atoms with Crippen molar-refractivity contribution in [3.63, 3.8) is 0 Å². The first-order valence-corrected chi connectivity index (χ1v) is 5.32. The molecule has 0 aliphatic heterocycles. The average Bonchev–Trinajstić information content (AvgIpc) is 2.24. The van der Waals surface area contributed by atoms with Gasteiger partial charge in [-0.2, -0.15) is 0 Å². The molecule has 0 aliphatic carbocycles. The molecular formula is C11H12ClF2NO. The number of carbonyl (C=O) groups is 1. The summed E-state index contributed by atoms with van der Waals surface area (Å²) in [7, 11) is 0. The van der Waals surface area contributed by atoms with E-state index < -0.39 is 23.1 Å². The highest BCUT2D eigenvalue weighted by molar-refractivity contribution is 6.18. The lowest BCUT2D eigenvalue weighted by molar-refractivity contribution is 0.0935. The van der Waals surface area contributed by atoms with E-state index in [2.05, 4.69) is 5.32 Å². The van der Waals surface area contributed by atoms with Gasteiger partial charge in [0, 0.05) is 11.9 Å². The third-order valence-electron chi connectivity index (χ3n) is 2.12. The van der Waals surface area contributed by atoms with Crippen LogP contribution in [-0.2, 0) is 0 Å². The molecule has 1 aromatic rings. The molecule has 0 heterocycles. The van der Waals surface area contributed by atoms with Gasteiger partial charge >= 0.3 is 0 Å². The monoisotopic (exact) mass is 247 g/mol. The first-order chi connectivity index (χ1) is 7.47. The van der Waals surface area contributed by atoms with Crippen LogP contribution in [0.2, 0.25) is 0 Å². The van der Waals surface area contributed by atoms with Gasteiger partial charge in [-0.1, -0.05) is 6.07 Å². The van der Waals surface area contributed by atoms with E-state index in [1.807, 2.05) is 0 Å². The van der Waals surface area contributed by atoms with Crippen molar-refractivity contribution in [2.75, 3.05) is 5.88 Å². The summed E-state index contributed by atoms with van der Waals surface area (Å²) in [5.74, 6) is -2.31. The zero-order valence-corrected chi connectivity index (χ0v) is 9.74. The first kappa shape index (κ1) is 12.9. The van der Waals surface area contributed by atoms with Crippen LogP contribution in [0.3, 0.4) is 0 Å². The lowest BCUT2D eigenvalue weighted by Crippen LogP contribution is -2.35. The Hall–Kier alpha value is -1.16. The van der Waals surface area contributed by atoms with E-state index in [-0.39, 0.29) is 17.5 Å². The van der Waals surface area contributed by atoms with E-state index in [1.165, 1.54) is 13.0 Å². The molecule has 0 radical (unpaired) electrons. The summed E-state index contributed by atoms with van der Waals surface area (Å²) < 4.78 is 26.8. The highest BCUT2D eigenvalue weighted by atomic mass is 35.5. The van der Waals surface area contributed by atoms with Gasteiger partial charge in [0.25, 0.3) is 5.91 Å². The van der Waals surface area contributed by atoms with Crippen molar-refractivity contribution in [1.82, 2.24) is 5.32 Å². The molecule has 0 aliphatic rings. The third-order valence-corrected chi connectivity index (χ3v) is 2.58. The molecule has 16 heavy (non-hydrogen) atoms. The van der Waals surface area contributed by atoms with Gasteiger partial charge in [0.2, 0.25) is 0 Å². The molecule has 0 bridgehead atoms. The van der Waals surface area contributed by atoms with Crippen molar-refractivity contribution in [2.45, 2.75) is 19.9 Å². The standard InChI is InChI=1S/C11H12ClF2NO/c1-6-3-4-8(13)9(10(6)14)11(16)15-7(2)5-12/h3-4,7H,5H2,1-2H3,(H,15,16). The predicted molar refractivity (Wildman–Crippen MR) is 58.7 cm³/mol. The van der Waals surface area contributed by atoms with Crippen LogP contribution >= 0.6 is 11.6 Å². The molecule has 0 fully saturated rings. The second kappa shape index (κ2) is 5.25. The van der Waals surface area contributed by atoms with Gasteiger partial charge in [-0.15, -0.1) is 11.6 Å². The van der Waals surface area contributed by atoms with Gasteiger partial charge in [0.15, 0.2) is 0 Å². The Kier molecular flexibility index (Phi) is 4.24. The second-order valence-electron chi connectivity index (χ2n) is 3.58. The minimum absolute atomic E-state index is 0.181. The molecule has 0 spiro atoms. The summed E-state index contributed by atoms with van der Waals surface area (Å²) >= 11 is 5.49. The summed E-state index contributed by atoms with van der Waals surface area (Å²) in [5.41, 5.74) is -0.331. The minimum atomic E-state index is -0.873. The number of halogens is 3. The van der Waals surface area contributed by atoms with Crippen LogP contribution in [0, 0.1) is 18.6 Å². The highest BCUT2D eigenvalue weighted by Gasteiger charge is 2.19. The maximum Gasteiger partial charge on any atom is 0.257 e. The molecule has 0 saturated heterocycles. The Morgan fingerprint density at radius 1 is 1.50 bits per heavy atom. The molecule has 2 nitrogen and oxygen atoms in total. The van der Waals surface area contributed by atoms with Gasteiger partial charge in [-0.25, -0.2) is 8.78 Å². The molecule has 5 heteroatoms. The molecule has 0 aromatic heterocycles. The van der Waals surface area contributed by atoms with Crippen LogP contribution in [0.4, 0.5) is 8.78 Å². The molecule has 0 saturated carbocycles. The van der Waals surface area contributed by atoms with Crippen LogP contribution in [0.15, 0.2) is 12.1 Å². The number of nitrogens with one attached hydrogen (secondary N) is 1. The number of hydrogen-bond acceptors (Lipinski definition) is 1. The van der Waals surface area contributed by atoms with Gasteiger partial charge < -0.3 is 5.32 Å². The van der Waals surface area contributed by atoms with Crippen molar-refractivity contribution in [3.05, 3.63) is 34.9 Å². The molecule has 1 N–H and O–H groups in total. The predicted octanol–water partition coefficient (Wildman–Crippen LogP) is 2.63. The lowest BCUT2D eigenvalue weighted by Gasteiger charge is -2.12. The average molecular weight is 248 g/mol. The van der Waals surface area contributed by atoms with E-state index >= 15 is 0 Å². The highest BCUT2D eigenvalue weighted by Crippen LogP contribution is 2.16. The number of amides is 1. The van der Waals surface area contributed by atoms with Gasteiger partial charge in [0.1, 0.15) is 17.2 Å². The first-order valence-electron chi connectivity index (χ1n) is 4.78. The Balaban J connectivity index is 3.03. The SMILES string of the molecule is Cc1ccc(F)c(C(=O)NC(C)CCl)c1F. The maximum atomic E-state index is 13.5. The van der Waals surface area contributed by atoms with Crippen molar-refractivity contribution in [3.8, 4) is 0 Å². The quantitative estimate of drug-likeness (QED) is 0.818. The van der Waals surface area contributed by atoms with E-state index in [0.717, 1.165) is 6.07 Å². The normalized spacial score (nSPS) is 12.3. The second-order valence-corrected chi connectivity index (χ2v) is 3.89. The minimum Gasteiger partial charge on any atom is -0.348 e. The van der Waals surface area contributed by atoms with Crippen LogP contribution in [0.25, 0.3) is 0 Å². The number of alkyl halides is 1. The van der Waals surface area contributed by atoms with Crippen molar-refractivity contribution >= 4 is 17.5 Å². The van der Waals surface area contributed by atoms with Gasteiger partial charge in [-0.05, 0) is 25.5 Å². The zero-order chi connectivity index (χ0) is 12.3. The van der Waals surface area contributed by atoms with E-state index in [1.54, 1.807) is 6.92 Å². The van der Waals surface area contributed by atoms with Crippen LogP contribution < -0.4 is 5.32 Å².